The Hall–Kier alpha value is -1.86. The second-order valence-corrected chi connectivity index (χ2v) is 8.07. The molecule has 0 spiro atoms. The summed E-state index contributed by atoms with van der Waals surface area (Å²) in [6.07, 6.45) is 1.76. The van der Waals surface area contributed by atoms with Crippen LogP contribution in [0.4, 0.5) is 4.39 Å². The normalized spacial score (nSPS) is 16.3. The summed E-state index contributed by atoms with van der Waals surface area (Å²) >= 11 is 0. The van der Waals surface area contributed by atoms with Crippen LogP contribution in [0.3, 0.4) is 0 Å². The highest BCUT2D eigenvalue weighted by Gasteiger charge is 2.31. The van der Waals surface area contributed by atoms with Crippen molar-refractivity contribution < 1.29 is 13.9 Å². The van der Waals surface area contributed by atoms with Gasteiger partial charge in [0.2, 0.25) is 0 Å². The molecule has 1 heterocycles. The first kappa shape index (κ1) is 28.2. The van der Waals surface area contributed by atoms with Gasteiger partial charge in [0.25, 0.3) is 5.91 Å². The zero-order valence-corrected chi connectivity index (χ0v) is 20.6. The molecule has 1 unspecified atom stereocenters. The number of carbonyl (C=O) groups is 1. The second kappa shape index (κ2) is 13.0. The van der Waals surface area contributed by atoms with E-state index in [4.69, 9.17) is 10.5 Å². The maximum Gasteiger partial charge on any atom is 0.257 e. The Morgan fingerprint density at radius 2 is 1.78 bits per heavy atom. The second-order valence-electron chi connectivity index (χ2n) is 8.07. The lowest BCUT2D eigenvalue weighted by atomic mass is 10.1. The van der Waals surface area contributed by atoms with E-state index in [1.807, 2.05) is 24.3 Å². The highest BCUT2D eigenvalue weighted by molar-refractivity contribution is 5.95. The Balaban J connectivity index is 0.00000256. The lowest BCUT2D eigenvalue weighted by Gasteiger charge is -2.43. The molecule has 2 aromatic carbocycles. The number of ether oxygens (including phenoxy) is 1. The van der Waals surface area contributed by atoms with Crippen LogP contribution in [0, 0.1) is 5.82 Å². The molecular weight excluding hydrogens is 452 g/mol. The van der Waals surface area contributed by atoms with Crippen LogP contribution in [0.15, 0.2) is 42.5 Å². The van der Waals surface area contributed by atoms with Gasteiger partial charge >= 0.3 is 0 Å². The van der Waals surface area contributed by atoms with E-state index in [0.29, 0.717) is 37.2 Å². The predicted molar refractivity (Wildman–Crippen MR) is 132 cm³/mol. The summed E-state index contributed by atoms with van der Waals surface area (Å²) in [5.41, 5.74) is 6.76. The van der Waals surface area contributed by atoms with Gasteiger partial charge in [0, 0.05) is 31.7 Å². The third-order valence-corrected chi connectivity index (χ3v) is 5.71. The minimum atomic E-state index is -0.523. The molecule has 32 heavy (non-hydrogen) atoms. The Morgan fingerprint density at radius 3 is 2.38 bits per heavy atom. The molecular formula is C24H34Cl2FN3O2. The Morgan fingerprint density at radius 1 is 1.12 bits per heavy atom. The number of carbonyl (C=O) groups excluding carboxylic acids is 1. The van der Waals surface area contributed by atoms with Crippen molar-refractivity contribution in [2.24, 2.45) is 5.73 Å². The zero-order valence-electron chi connectivity index (χ0n) is 18.9. The van der Waals surface area contributed by atoms with E-state index in [2.05, 4.69) is 25.7 Å². The van der Waals surface area contributed by atoms with Gasteiger partial charge in [-0.2, -0.15) is 0 Å². The highest BCUT2D eigenvalue weighted by Crippen LogP contribution is 2.26. The third-order valence-electron chi connectivity index (χ3n) is 5.71. The molecule has 1 atom stereocenters. The highest BCUT2D eigenvalue weighted by atomic mass is 35.5. The van der Waals surface area contributed by atoms with E-state index in [1.54, 1.807) is 11.0 Å². The summed E-state index contributed by atoms with van der Waals surface area (Å²) in [7, 11) is 0. The minimum Gasteiger partial charge on any atom is -0.457 e. The molecule has 5 nitrogen and oxygen atoms in total. The van der Waals surface area contributed by atoms with Crippen LogP contribution in [-0.2, 0) is 6.42 Å². The lowest BCUT2D eigenvalue weighted by Crippen LogP contribution is -2.56. The summed E-state index contributed by atoms with van der Waals surface area (Å²) < 4.78 is 20.4. The van der Waals surface area contributed by atoms with Crippen LogP contribution in [0.2, 0.25) is 0 Å². The SMILES string of the molecule is CCC1CN(C(=O)c2cc(Oc3ccc(CCN)cc3)ccc2F)CCN1C(C)C.Cl.Cl. The van der Waals surface area contributed by atoms with Gasteiger partial charge in [-0.25, -0.2) is 4.39 Å². The van der Waals surface area contributed by atoms with Gasteiger partial charge in [0.1, 0.15) is 17.3 Å². The summed E-state index contributed by atoms with van der Waals surface area (Å²) in [4.78, 5) is 17.3. The molecule has 0 saturated carbocycles. The molecule has 2 N–H and O–H groups in total. The van der Waals surface area contributed by atoms with E-state index in [9.17, 15) is 9.18 Å². The standard InChI is InChI=1S/C24H32FN3O2.2ClH/c1-4-19-16-27(13-14-28(19)17(2)3)24(29)22-15-21(9-10-23(22)25)30-20-7-5-18(6-8-20)11-12-26;;/h5-10,15,17,19H,4,11-14,16,26H2,1-3H3;2*1H. The molecule has 1 amide bonds. The maximum absolute atomic E-state index is 14.5. The number of rotatable bonds is 7. The lowest BCUT2D eigenvalue weighted by molar-refractivity contribution is 0.0368. The Kier molecular flexibility index (Phi) is 11.4. The van der Waals surface area contributed by atoms with Crippen LogP contribution in [-0.4, -0.2) is 54.0 Å². The first-order valence-corrected chi connectivity index (χ1v) is 10.7. The van der Waals surface area contributed by atoms with Crippen molar-refractivity contribution in [1.82, 2.24) is 9.80 Å². The quantitative estimate of drug-likeness (QED) is 0.605. The largest absolute Gasteiger partial charge is 0.457 e. The van der Waals surface area contributed by atoms with E-state index < -0.39 is 5.82 Å². The molecule has 2 aromatic rings. The third kappa shape index (κ3) is 6.82. The fourth-order valence-electron chi connectivity index (χ4n) is 4.03. The molecule has 178 valence electrons. The first-order chi connectivity index (χ1) is 14.4. The van der Waals surface area contributed by atoms with Gasteiger partial charge in [0.05, 0.1) is 5.56 Å². The average molecular weight is 486 g/mol. The molecule has 0 radical (unpaired) electrons. The predicted octanol–water partition coefficient (Wildman–Crippen LogP) is 4.91. The van der Waals surface area contributed by atoms with Gasteiger partial charge in [-0.3, -0.25) is 9.69 Å². The summed E-state index contributed by atoms with van der Waals surface area (Å²) in [5, 5.41) is 0. The van der Waals surface area contributed by atoms with Crippen LogP contribution in [0.5, 0.6) is 11.5 Å². The summed E-state index contributed by atoms with van der Waals surface area (Å²) in [6.45, 7) is 9.07. The van der Waals surface area contributed by atoms with Crippen molar-refractivity contribution in [1.29, 1.82) is 0 Å². The Bertz CT molecular complexity index is 865. The van der Waals surface area contributed by atoms with Gasteiger partial charge in [-0.15, -0.1) is 24.8 Å². The van der Waals surface area contributed by atoms with Gasteiger partial charge < -0.3 is 15.4 Å². The molecule has 3 rings (SSSR count). The minimum absolute atomic E-state index is 0. The van der Waals surface area contributed by atoms with Crippen molar-refractivity contribution in [2.45, 2.75) is 45.7 Å². The zero-order chi connectivity index (χ0) is 21.7. The number of hydrogen-bond donors (Lipinski definition) is 1. The van der Waals surface area contributed by atoms with Crippen LogP contribution in [0.25, 0.3) is 0 Å². The smallest absolute Gasteiger partial charge is 0.257 e. The molecule has 1 aliphatic heterocycles. The van der Waals surface area contributed by atoms with Gasteiger partial charge in [-0.05, 0) is 69.1 Å². The molecule has 1 aliphatic rings. The molecule has 1 fully saturated rings. The monoisotopic (exact) mass is 485 g/mol. The Labute approximate surface area is 202 Å². The maximum atomic E-state index is 14.5. The molecule has 0 aliphatic carbocycles. The molecule has 1 saturated heterocycles. The number of benzene rings is 2. The molecule has 0 bridgehead atoms. The van der Waals surface area contributed by atoms with Crippen LogP contribution < -0.4 is 10.5 Å². The first-order valence-electron chi connectivity index (χ1n) is 10.7. The number of amides is 1. The number of piperazine rings is 1. The van der Waals surface area contributed by atoms with Crippen LogP contribution >= 0.6 is 24.8 Å². The number of hydrogen-bond acceptors (Lipinski definition) is 4. The van der Waals surface area contributed by atoms with Crippen LogP contribution in [0.1, 0.15) is 43.1 Å². The summed E-state index contributed by atoms with van der Waals surface area (Å²) in [5.74, 6) is 0.277. The number of nitrogens with zero attached hydrogens (tertiary/aromatic N) is 2. The topological polar surface area (TPSA) is 58.8 Å². The van der Waals surface area contributed by atoms with Crippen molar-refractivity contribution in [3.05, 3.63) is 59.4 Å². The van der Waals surface area contributed by atoms with E-state index in [0.717, 1.165) is 24.9 Å². The average Bonchev–Trinajstić information content (AvgIpc) is 2.75. The van der Waals surface area contributed by atoms with Crippen molar-refractivity contribution in [2.75, 3.05) is 26.2 Å². The number of nitrogens with two attached hydrogens (primary N) is 1. The summed E-state index contributed by atoms with van der Waals surface area (Å²) in [6, 6.07) is 12.7. The van der Waals surface area contributed by atoms with E-state index in [1.165, 1.54) is 12.1 Å². The molecule has 8 heteroatoms. The van der Waals surface area contributed by atoms with Crippen molar-refractivity contribution in [3.63, 3.8) is 0 Å². The fourth-order valence-corrected chi connectivity index (χ4v) is 4.03. The van der Waals surface area contributed by atoms with Crippen molar-refractivity contribution in [3.8, 4) is 11.5 Å². The molecule has 0 aromatic heterocycles. The van der Waals surface area contributed by atoms with Crippen molar-refractivity contribution >= 4 is 30.7 Å². The van der Waals surface area contributed by atoms with E-state index in [-0.39, 0.29) is 42.3 Å². The van der Waals surface area contributed by atoms with Gasteiger partial charge in [0.15, 0.2) is 0 Å². The van der Waals surface area contributed by atoms with E-state index >= 15 is 0 Å². The fraction of sp³-hybridized carbons (Fsp3) is 0.458. The number of halogens is 3. The van der Waals surface area contributed by atoms with Gasteiger partial charge in [-0.1, -0.05) is 19.1 Å².